The minimum absolute atomic E-state index is 0.351. The number of rotatable bonds is 6. The monoisotopic (exact) mass is 327 g/mol. The molecule has 0 saturated carbocycles. The average Bonchev–Trinajstić information content (AvgIpc) is 2.65. The lowest BCUT2D eigenvalue weighted by molar-refractivity contribution is -0.114. The first-order valence-electron chi connectivity index (χ1n) is 5.88. The van der Waals surface area contributed by atoms with Crippen molar-refractivity contribution in [3.8, 4) is 0 Å². The number of carbonyl (C=O) groups is 2. The van der Waals surface area contributed by atoms with Crippen molar-refractivity contribution in [3.05, 3.63) is 28.2 Å². The van der Waals surface area contributed by atoms with Gasteiger partial charge in [0.1, 0.15) is 0 Å². The summed E-state index contributed by atoms with van der Waals surface area (Å²) in [5.41, 5.74) is 1.07. The number of fused-ring (bicyclic) bond motifs is 1. The van der Waals surface area contributed by atoms with E-state index in [9.17, 15) is 9.59 Å². The van der Waals surface area contributed by atoms with Crippen LogP contribution in [0.3, 0.4) is 0 Å². The van der Waals surface area contributed by atoms with Crippen LogP contribution >= 0.6 is 15.9 Å². The van der Waals surface area contributed by atoms with Crippen molar-refractivity contribution >= 4 is 33.3 Å². The van der Waals surface area contributed by atoms with Gasteiger partial charge in [0.05, 0.1) is 31.1 Å². The topological polar surface area (TPSA) is 55.8 Å². The molecule has 19 heavy (non-hydrogen) atoms. The van der Waals surface area contributed by atoms with E-state index in [1.807, 2.05) is 6.07 Å². The van der Waals surface area contributed by atoms with Crippen LogP contribution in [0.4, 0.5) is 5.69 Å². The first kappa shape index (κ1) is 14.2. The second kappa shape index (κ2) is 6.27. The van der Waals surface area contributed by atoms with E-state index in [4.69, 9.17) is 9.47 Å². The second-order valence-corrected chi connectivity index (χ2v) is 4.88. The summed E-state index contributed by atoms with van der Waals surface area (Å²) in [7, 11) is 1.60. The molecule has 2 rings (SSSR count). The Labute approximate surface area is 119 Å². The number of carbonyl (C=O) groups excluding carboxylic acids is 2. The first-order chi connectivity index (χ1) is 9.16. The summed E-state index contributed by atoms with van der Waals surface area (Å²) in [5.74, 6) is -0.967. The molecule has 0 atom stereocenters. The predicted octanol–water partition coefficient (Wildman–Crippen LogP) is 1.64. The van der Waals surface area contributed by atoms with Crippen LogP contribution in [0.5, 0.6) is 0 Å². The number of halogens is 1. The zero-order valence-electron chi connectivity index (χ0n) is 10.5. The zero-order chi connectivity index (χ0) is 13.8. The number of benzene rings is 1. The van der Waals surface area contributed by atoms with Gasteiger partial charge in [-0.3, -0.25) is 9.59 Å². The number of para-hydroxylation sites is 1. The number of ether oxygens (including phenoxy) is 2. The minimum Gasteiger partial charge on any atom is -0.382 e. The Bertz CT molecular complexity index is 503. The molecule has 1 aliphatic heterocycles. The molecule has 1 aromatic rings. The van der Waals surface area contributed by atoms with Crippen molar-refractivity contribution in [1.82, 2.24) is 0 Å². The third kappa shape index (κ3) is 2.86. The fraction of sp³-hybridized carbons (Fsp3) is 0.385. The molecule has 0 saturated heterocycles. The van der Waals surface area contributed by atoms with E-state index in [-0.39, 0.29) is 0 Å². The lowest BCUT2D eigenvalue weighted by Gasteiger charge is -2.17. The van der Waals surface area contributed by atoms with E-state index >= 15 is 0 Å². The lowest BCUT2D eigenvalue weighted by atomic mass is 10.1. The Hall–Kier alpha value is -1.24. The third-order valence-electron chi connectivity index (χ3n) is 2.83. The molecule has 5 nitrogen and oxygen atoms in total. The van der Waals surface area contributed by atoms with E-state index in [0.29, 0.717) is 37.6 Å². The van der Waals surface area contributed by atoms with Crippen LogP contribution in [0.1, 0.15) is 10.4 Å². The molecule has 0 spiro atoms. The van der Waals surface area contributed by atoms with E-state index in [2.05, 4.69) is 15.9 Å². The summed E-state index contributed by atoms with van der Waals surface area (Å²) in [6.45, 7) is 1.69. The van der Waals surface area contributed by atoms with Crippen molar-refractivity contribution in [2.75, 3.05) is 38.4 Å². The standard InChI is InChI=1S/C13H14BrNO4/c1-18-7-8-19-6-5-15-11-9(12(16)13(15)17)3-2-4-10(11)14/h2-4H,5-8H2,1H3. The van der Waals surface area contributed by atoms with Crippen LogP contribution in [0.25, 0.3) is 0 Å². The van der Waals surface area contributed by atoms with Crippen LogP contribution in [-0.4, -0.2) is 45.2 Å². The molecular weight excluding hydrogens is 314 g/mol. The molecular formula is C13H14BrNO4. The largest absolute Gasteiger partial charge is 0.382 e. The highest BCUT2D eigenvalue weighted by atomic mass is 79.9. The van der Waals surface area contributed by atoms with Gasteiger partial charge in [0.2, 0.25) is 0 Å². The first-order valence-corrected chi connectivity index (χ1v) is 6.67. The Morgan fingerprint density at radius 1 is 1.21 bits per heavy atom. The number of hydrogen-bond donors (Lipinski definition) is 0. The Morgan fingerprint density at radius 3 is 2.74 bits per heavy atom. The smallest absolute Gasteiger partial charge is 0.299 e. The van der Waals surface area contributed by atoms with E-state index in [1.165, 1.54) is 4.90 Å². The maximum Gasteiger partial charge on any atom is 0.299 e. The number of ketones is 1. The summed E-state index contributed by atoms with van der Waals surface area (Å²) in [6, 6.07) is 5.21. The SMILES string of the molecule is COCCOCCN1C(=O)C(=O)c2cccc(Br)c21. The lowest BCUT2D eigenvalue weighted by Crippen LogP contribution is -2.33. The van der Waals surface area contributed by atoms with Crippen molar-refractivity contribution in [3.63, 3.8) is 0 Å². The quantitative estimate of drug-likeness (QED) is 0.588. The molecule has 0 fully saturated rings. The van der Waals surface area contributed by atoms with Gasteiger partial charge in [-0.15, -0.1) is 0 Å². The van der Waals surface area contributed by atoms with E-state index in [0.717, 1.165) is 4.47 Å². The van der Waals surface area contributed by atoms with Gasteiger partial charge < -0.3 is 14.4 Å². The van der Waals surface area contributed by atoms with E-state index in [1.54, 1.807) is 19.2 Å². The molecule has 102 valence electrons. The molecule has 1 aliphatic rings. The van der Waals surface area contributed by atoms with Crippen LogP contribution in [0.15, 0.2) is 22.7 Å². The van der Waals surface area contributed by atoms with Crippen LogP contribution < -0.4 is 4.90 Å². The van der Waals surface area contributed by atoms with Gasteiger partial charge in [-0.25, -0.2) is 0 Å². The Kier molecular flexibility index (Phi) is 4.68. The van der Waals surface area contributed by atoms with Crippen molar-refractivity contribution in [2.24, 2.45) is 0 Å². The number of nitrogens with zero attached hydrogens (tertiary/aromatic N) is 1. The molecule has 6 heteroatoms. The number of amides is 1. The molecule has 0 N–H and O–H groups in total. The molecule has 0 unspecified atom stereocenters. The minimum atomic E-state index is -0.503. The van der Waals surface area contributed by atoms with Gasteiger partial charge in [-0.1, -0.05) is 6.07 Å². The molecule has 0 bridgehead atoms. The van der Waals surface area contributed by atoms with Crippen molar-refractivity contribution < 1.29 is 19.1 Å². The number of hydrogen-bond acceptors (Lipinski definition) is 4. The molecule has 1 heterocycles. The van der Waals surface area contributed by atoms with Gasteiger partial charge in [-0.05, 0) is 28.1 Å². The fourth-order valence-corrected chi connectivity index (χ4v) is 2.51. The summed E-state index contributed by atoms with van der Waals surface area (Å²) >= 11 is 3.37. The Morgan fingerprint density at radius 2 is 2.00 bits per heavy atom. The summed E-state index contributed by atoms with van der Waals surface area (Å²) in [6.07, 6.45) is 0. The second-order valence-electron chi connectivity index (χ2n) is 4.03. The Balaban J connectivity index is 2.06. The zero-order valence-corrected chi connectivity index (χ0v) is 12.1. The molecule has 0 aliphatic carbocycles. The van der Waals surface area contributed by atoms with Crippen molar-refractivity contribution in [1.29, 1.82) is 0 Å². The molecule has 0 aromatic heterocycles. The molecule has 0 radical (unpaired) electrons. The fourth-order valence-electron chi connectivity index (χ4n) is 1.93. The van der Waals surface area contributed by atoms with Gasteiger partial charge in [0.25, 0.3) is 11.7 Å². The highest BCUT2D eigenvalue weighted by Gasteiger charge is 2.36. The highest BCUT2D eigenvalue weighted by Crippen LogP contribution is 2.35. The van der Waals surface area contributed by atoms with Gasteiger partial charge in [-0.2, -0.15) is 0 Å². The number of methoxy groups -OCH3 is 1. The third-order valence-corrected chi connectivity index (χ3v) is 3.47. The predicted molar refractivity (Wildman–Crippen MR) is 73.5 cm³/mol. The summed E-state index contributed by atoms with van der Waals surface area (Å²) < 4.78 is 10.9. The van der Waals surface area contributed by atoms with Gasteiger partial charge in [0, 0.05) is 18.1 Å². The molecule has 1 aromatic carbocycles. The summed E-state index contributed by atoms with van der Waals surface area (Å²) in [4.78, 5) is 25.2. The van der Waals surface area contributed by atoms with Gasteiger partial charge >= 0.3 is 0 Å². The number of anilines is 1. The average molecular weight is 328 g/mol. The maximum absolute atomic E-state index is 11.9. The molecule has 1 amide bonds. The maximum atomic E-state index is 11.9. The summed E-state index contributed by atoms with van der Waals surface area (Å²) in [5, 5.41) is 0. The van der Waals surface area contributed by atoms with Crippen LogP contribution in [0, 0.1) is 0 Å². The van der Waals surface area contributed by atoms with Crippen molar-refractivity contribution in [2.45, 2.75) is 0 Å². The van der Waals surface area contributed by atoms with Crippen LogP contribution in [0.2, 0.25) is 0 Å². The van der Waals surface area contributed by atoms with Gasteiger partial charge in [0.15, 0.2) is 0 Å². The van der Waals surface area contributed by atoms with E-state index < -0.39 is 11.7 Å². The normalized spacial score (nSPS) is 14.1. The van der Waals surface area contributed by atoms with Crippen LogP contribution in [-0.2, 0) is 14.3 Å². The number of Topliss-reactive ketones (excluding diaryl/α,β-unsaturated/α-hetero) is 1. The highest BCUT2D eigenvalue weighted by molar-refractivity contribution is 9.10.